The molecule has 9 heteroatoms. The number of hydrogen-bond donors (Lipinski definition) is 1. The van der Waals surface area contributed by atoms with Crippen LogP contribution < -0.4 is 5.32 Å². The highest BCUT2D eigenvalue weighted by molar-refractivity contribution is 7.99. The molecule has 152 valence electrons. The summed E-state index contributed by atoms with van der Waals surface area (Å²) in [5.41, 5.74) is 2.15. The van der Waals surface area contributed by atoms with E-state index >= 15 is 0 Å². The van der Waals surface area contributed by atoms with Crippen LogP contribution in [0.1, 0.15) is 24.8 Å². The molecule has 0 radical (unpaired) electrons. The van der Waals surface area contributed by atoms with Crippen LogP contribution in [0.25, 0.3) is 11.3 Å². The van der Waals surface area contributed by atoms with E-state index in [2.05, 4.69) is 37.2 Å². The molecule has 1 aliphatic rings. The molecule has 0 bridgehead atoms. The standard InChI is InChI=1S/C20H23N5O2S2/c1-2-18-23-24-19(29-18)22-17(26)13-28-20-21-11-16(14-7-4-3-5-8-14)25(20)12-15-9-6-10-27-15/h3-5,7-8,11,15H,2,6,9-10,12-13H2,1H3,(H,22,24,26)/t15-/m1/s1. The normalized spacial score (nSPS) is 16.2. The average molecular weight is 430 g/mol. The van der Waals surface area contributed by atoms with Crippen LogP contribution in [0.3, 0.4) is 0 Å². The van der Waals surface area contributed by atoms with Crippen molar-refractivity contribution < 1.29 is 9.53 Å². The van der Waals surface area contributed by atoms with Gasteiger partial charge >= 0.3 is 0 Å². The van der Waals surface area contributed by atoms with Crippen LogP contribution in [0.2, 0.25) is 0 Å². The molecule has 1 atom stereocenters. The van der Waals surface area contributed by atoms with E-state index in [9.17, 15) is 4.79 Å². The van der Waals surface area contributed by atoms with E-state index in [1.54, 1.807) is 0 Å². The number of nitrogens with zero attached hydrogens (tertiary/aromatic N) is 4. The number of ether oxygens (including phenoxy) is 1. The number of rotatable bonds is 8. The summed E-state index contributed by atoms with van der Waals surface area (Å²) in [5.74, 6) is 0.152. The summed E-state index contributed by atoms with van der Waals surface area (Å²) >= 11 is 2.83. The number of aryl methyl sites for hydroxylation is 1. The minimum absolute atomic E-state index is 0.110. The van der Waals surface area contributed by atoms with Crippen molar-refractivity contribution in [2.24, 2.45) is 0 Å². The van der Waals surface area contributed by atoms with Crippen LogP contribution in [-0.4, -0.2) is 44.1 Å². The van der Waals surface area contributed by atoms with E-state index in [1.807, 2.05) is 31.3 Å². The van der Waals surface area contributed by atoms with Gasteiger partial charge in [0.1, 0.15) is 5.01 Å². The van der Waals surface area contributed by atoms with Crippen molar-refractivity contribution in [3.8, 4) is 11.3 Å². The number of aromatic nitrogens is 4. The molecule has 0 spiro atoms. The quantitative estimate of drug-likeness (QED) is 0.548. The molecule has 29 heavy (non-hydrogen) atoms. The molecule has 0 unspecified atom stereocenters. The fourth-order valence-corrected chi connectivity index (χ4v) is 4.70. The lowest BCUT2D eigenvalue weighted by atomic mass is 10.1. The summed E-state index contributed by atoms with van der Waals surface area (Å²) in [4.78, 5) is 17.0. The molecule has 4 rings (SSSR count). The van der Waals surface area contributed by atoms with Gasteiger partial charge in [-0.2, -0.15) is 0 Å². The first-order valence-corrected chi connectivity index (χ1v) is 11.5. The molecule has 1 amide bonds. The van der Waals surface area contributed by atoms with Gasteiger partial charge in [0, 0.05) is 6.61 Å². The van der Waals surface area contributed by atoms with Crippen LogP contribution in [0, 0.1) is 0 Å². The van der Waals surface area contributed by atoms with Gasteiger partial charge in [-0.25, -0.2) is 4.98 Å². The maximum Gasteiger partial charge on any atom is 0.236 e. The zero-order chi connectivity index (χ0) is 20.1. The number of nitrogens with one attached hydrogen (secondary N) is 1. The molecule has 7 nitrogen and oxygen atoms in total. The third-order valence-corrected chi connectivity index (χ3v) is 6.62. The monoisotopic (exact) mass is 429 g/mol. The van der Waals surface area contributed by atoms with Crippen molar-refractivity contribution >= 4 is 34.1 Å². The van der Waals surface area contributed by atoms with Gasteiger partial charge in [0.2, 0.25) is 11.0 Å². The van der Waals surface area contributed by atoms with Crippen molar-refractivity contribution in [1.29, 1.82) is 0 Å². The topological polar surface area (TPSA) is 81.9 Å². The third kappa shape index (κ3) is 5.04. The molecule has 1 aliphatic heterocycles. The molecule has 0 aliphatic carbocycles. The number of benzene rings is 1. The van der Waals surface area contributed by atoms with Crippen molar-refractivity contribution in [2.75, 3.05) is 17.7 Å². The van der Waals surface area contributed by atoms with Crippen molar-refractivity contribution in [1.82, 2.24) is 19.7 Å². The molecule has 1 saturated heterocycles. The maximum atomic E-state index is 12.4. The second-order valence-electron chi connectivity index (χ2n) is 6.73. The maximum absolute atomic E-state index is 12.4. The van der Waals surface area contributed by atoms with E-state index in [-0.39, 0.29) is 17.8 Å². The highest BCUT2D eigenvalue weighted by Gasteiger charge is 2.21. The molecule has 1 fully saturated rings. The highest BCUT2D eigenvalue weighted by Crippen LogP contribution is 2.28. The molecule has 2 aromatic heterocycles. The number of imidazole rings is 1. The fourth-order valence-electron chi connectivity index (χ4n) is 3.21. The van der Waals surface area contributed by atoms with E-state index in [0.29, 0.717) is 5.13 Å². The van der Waals surface area contributed by atoms with E-state index in [0.717, 1.165) is 53.8 Å². The van der Waals surface area contributed by atoms with Crippen LogP contribution in [0.5, 0.6) is 0 Å². The summed E-state index contributed by atoms with van der Waals surface area (Å²) in [5, 5.41) is 13.1. The second-order valence-corrected chi connectivity index (χ2v) is 8.73. The van der Waals surface area contributed by atoms with Crippen molar-refractivity contribution in [2.45, 2.75) is 44.0 Å². The van der Waals surface area contributed by atoms with Crippen LogP contribution >= 0.6 is 23.1 Å². The smallest absolute Gasteiger partial charge is 0.236 e. The summed E-state index contributed by atoms with van der Waals surface area (Å²) in [6, 6.07) is 10.2. The van der Waals surface area contributed by atoms with Gasteiger partial charge in [0.15, 0.2) is 5.16 Å². The summed E-state index contributed by atoms with van der Waals surface area (Å²) in [6.07, 6.45) is 5.02. The number of carbonyl (C=O) groups is 1. The molecule has 0 saturated carbocycles. The number of hydrogen-bond acceptors (Lipinski definition) is 7. The third-order valence-electron chi connectivity index (χ3n) is 4.65. The predicted molar refractivity (Wildman–Crippen MR) is 115 cm³/mol. The van der Waals surface area contributed by atoms with Gasteiger partial charge < -0.3 is 9.30 Å². The second kappa shape index (κ2) is 9.51. The Kier molecular flexibility index (Phi) is 6.58. The van der Waals surface area contributed by atoms with Gasteiger partial charge in [0.25, 0.3) is 0 Å². The van der Waals surface area contributed by atoms with Gasteiger partial charge in [-0.1, -0.05) is 60.4 Å². The SMILES string of the molecule is CCc1nnc(NC(=O)CSc2ncc(-c3ccccc3)n2C[C@H]2CCCO2)s1. The number of anilines is 1. The zero-order valence-corrected chi connectivity index (χ0v) is 17.8. The Hall–Kier alpha value is -2.23. The summed E-state index contributed by atoms with van der Waals surface area (Å²) in [6.45, 7) is 3.57. The first-order chi connectivity index (χ1) is 14.2. The summed E-state index contributed by atoms with van der Waals surface area (Å²) in [7, 11) is 0. The lowest BCUT2D eigenvalue weighted by Gasteiger charge is -2.16. The molecule has 1 N–H and O–H groups in total. The molecule has 1 aromatic carbocycles. The Labute approximate surface area is 177 Å². The Balaban J connectivity index is 1.47. The lowest BCUT2D eigenvalue weighted by Crippen LogP contribution is -2.18. The van der Waals surface area contributed by atoms with Crippen LogP contribution in [-0.2, 0) is 22.5 Å². The molecular formula is C20H23N5O2S2. The van der Waals surface area contributed by atoms with E-state index < -0.39 is 0 Å². The lowest BCUT2D eigenvalue weighted by molar-refractivity contribution is -0.113. The Morgan fingerprint density at radius 3 is 2.93 bits per heavy atom. The first-order valence-electron chi connectivity index (χ1n) is 9.70. The zero-order valence-electron chi connectivity index (χ0n) is 16.2. The number of amides is 1. The molecule has 3 heterocycles. The predicted octanol–water partition coefficient (Wildman–Crippen LogP) is 3.87. The van der Waals surface area contributed by atoms with Gasteiger partial charge in [-0.05, 0) is 24.8 Å². The van der Waals surface area contributed by atoms with Crippen LogP contribution in [0.15, 0.2) is 41.7 Å². The van der Waals surface area contributed by atoms with Gasteiger partial charge in [-0.3, -0.25) is 10.1 Å². The minimum Gasteiger partial charge on any atom is -0.376 e. The first kappa shape index (κ1) is 20.1. The molecule has 3 aromatic rings. The van der Waals surface area contributed by atoms with Gasteiger partial charge in [0.05, 0.1) is 30.3 Å². The number of carbonyl (C=O) groups excluding carboxylic acids is 1. The minimum atomic E-state index is -0.110. The van der Waals surface area contributed by atoms with E-state index in [4.69, 9.17) is 4.74 Å². The Morgan fingerprint density at radius 1 is 1.34 bits per heavy atom. The Bertz CT molecular complexity index is 951. The van der Waals surface area contributed by atoms with Crippen LogP contribution in [0.4, 0.5) is 5.13 Å². The largest absolute Gasteiger partial charge is 0.376 e. The van der Waals surface area contributed by atoms with Crippen molar-refractivity contribution in [3.05, 3.63) is 41.5 Å². The van der Waals surface area contributed by atoms with Gasteiger partial charge in [-0.15, -0.1) is 10.2 Å². The number of thioether (sulfide) groups is 1. The Morgan fingerprint density at radius 2 is 2.21 bits per heavy atom. The van der Waals surface area contributed by atoms with Crippen molar-refractivity contribution in [3.63, 3.8) is 0 Å². The summed E-state index contributed by atoms with van der Waals surface area (Å²) < 4.78 is 8.01. The fraction of sp³-hybridized carbons (Fsp3) is 0.400. The molecular weight excluding hydrogens is 406 g/mol. The highest BCUT2D eigenvalue weighted by atomic mass is 32.2. The average Bonchev–Trinajstić information content (AvgIpc) is 3.49. The van der Waals surface area contributed by atoms with E-state index in [1.165, 1.54) is 23.1 Å².